The van der Waals surface area contributed by atoms with Crippen LogP contribution < -0.4 is 0 Å². The zero-order valence-corrected chi connectivity index (χ0v) is 11.0. The van der Waals surface area contributed by atoms with E-state index in [1.165, 1.54) is 20.3 Å². The van der Waals surface area contributed by atoms with Crippen LogP contribution in [0.4, 0.5) is 0 Å². The average molecular weight is 324 g/mol. The van der Waals surface area contributed by atoms with E-state index in [4.69, 9.17) is 5.11 Å². The maximum absolute atomic E-state index is 8.92. The molecule has 0 aliphatic carbocycles. The van der Waals surface area contributed by atoms with Crippen molar-refractivity contribution in [3.63, 3.8) is 0 Å². The lowest BCUT2D eigenvalue weighted by atomic mass is 10.0. The van der Waals surface area contributed by atoms with Gasteiger partial charge in [0.25, 0.3) is 0 Å². The minimum absolute atomic E-state index is 0.205. The van der Waals surface area contributed by atoms with Gasteiger partial charge in [-0.15, -0.1) is 0 Å². The Balaban J connectivity index is 2.32. The van der Waals surface area contributed by atoms with Gasteiger partial charge in [0.1, 0.15) is 0 Å². The Hall–Kier alpha value is -0.870. The molecule has 0 radical (unpaired) electrons. The first-order valence-corrected chi connectivity index (χ1v) is 6.33. The van der Waals surface area contributed by atoms with Gasteiger partial charge < -0.3 is 5.11 Å². The highest BCUT2D eigenvalue weighted by molar-refractivity contribution is 14.1. The van der Waals surface area contributed by atoms with Crippen molar-refractivity contribution in [2.45, 2.75) is 6.42 Å². The van der Waals surface area contributed by atoms with Gasteiger partial charge in [0, 0.05) is 10.2 Å². The summed E-state index contributed by atoms with van der Waals surface area (Å²) in [6.07, 6.45) is 0.720. The highest BCUT2D eigenvalue weighted by Gasteiger charge is 1.99. The number of aliphatic hydroxyl groups excluding tert-OH is 1. The number of benzene rings is 2. The predicted molar refractivity (Wildman–Crippen MR) is 75.4 cm³/mol. The average Bonchev–Trinajstić information content (AvgIpc) is 2.31. The van der Waals surface area contributed by atoms with Crippen LogP contribution >= 0.6 is 22.6 Å². The van der Waals surface area contributed by atoms with Crippen LogP contribution in [0.1, 0.15) is 5.56 Å². The van der Waals surface area contributed by atoms with E-state index in [1.54, 1.807) is 0 Å². The van der Waals surface area contributed by atoms with Crippen LogP contribution in [0.3, 0.4) is 0 Å². The summed E-state index contributed by atoms with van der Waals surface area (Å²) >= 11 is 2.30. The van der Waals surface area contributed by atoms with Gasteiger partial charge in [0.15, 0.2) is 0 Å². The molecule has 0 saturated heterocycles. The molecule has 0 aromatic heterocycles. The minimum Gasteiger partial charge on any atom is -0.396 e. The molecular weight excluding hydrogens is 311 g/mol. The van der Waals surface area contributed by atoms with Crippen LogP contribution in [0.25, 0.3) is 11.1 Å². The molecule has 0 atom stereocenters. The molecule has 0 bridgehead atoms. The molecule has 0 unspecified atom stereocenters. The Bertz CT molecular complexity index is 462. The Morgan fingerprint density at radius 1 is 0.938 bits per heavy atom. The van der Waals surface area contributed by atoms with Crippen molar-refractivity contribution < 1.29 is 5.11 Å². The molecule has 2 aromatic carbocycles. The highest BCUT2D eigenvalue weighted by Crippen LogP contribution is 2.21. The van der Waals surface area contributed by atoms with Crippen molar-refractivity contribution in [3.05, 3.63) is 57.7 Å². The van der Waals surface area contributed by atoms with Crippen molar-refractivity contribution in [3.8, 4) is 11.1 Å². The molecule has 82 valence electrons. The second kappa shape index (κ2) is 5.46. The van der Waals surface area contributed by atoms with Gasteiger partial charge in [0.2, 0.25) is 0 Å². The van der Waals surface area contributed by atoms with E-state index in [9.17, 15) is 0 Å². The van der Waals surface area contributed by atoms with Gasteiger partial charge >= 0.3 is 0 Å². The maximum atomic E-state index is 8.92. The number of hydrogen-bond acceptors (Lipinski definition) is 1. The lowest BCUT2D eigenvalue weighted by Crippen LogP contribution is -1.90. The summed E-state index contributed by atoms with van der Waals surface area (Å²) in [6, 6.07) is 16.8. The standard InChI is InChI=1S/C14H13IO/c15-14-6-4-12(5-7-14)13-3-1-2-11(10-13)8-9-16/h1-7,10,16H,8-9H2. The quantitative estimate of drug-likeness (QED) is 0.857. The number of halogens is 1. The third kappa shape index (κ3) is 2.83. The van der Waals surface area contributed by atoms with E-state index >= 15 is 0 Å². The molecule has 0 heterocycles. The van der Waals surface area contributed by atoms with E-state index in [-0.39, 0.29) is 6.61 Å². The first-order valence-electron chi connectivity index (χ1n) is 5.25. The Morgan fingerprint density at radius 2 is 1.69 bits per heavy atom. The summed E-state index contributed by atoms with van der Waals surface area (Å²) in [7, 11) is 0. The smallest absolute Gasteiger partial charge is 0.0471 e. The van der Waals surface area contributed by atoms with Gasteiger partial charge in [0.05, 0.1) is 0 Å². The van der Waals surface area contributed by atoms with Gasteiger partial charge in [-0.2, -0.15) is 0 Å². The molecule has 2 rings (SSSR count). The van der Waals surface area contributed by atoms with E-state index in [0.717, 1.165) is 6.42 Å². The Morgan fingerprint density at radius 3 is 2.38 bits per heavy atom. The lowest BCUT2D eigenvalue weighted by Gasteiger charge is -2.04. The van der Waals surface area contributed by atoms with Gasteiger partial charge in [-0.1, -0.05) is 36.4 Å². The van der Waals surface area contributed by atoms with Crippen LogP contribution in [-0.4, -0.2) is 11.7 Å². The topological polar surface area (TPSA) is 20.2 Å². The first-order chi connectivity index (χ1) is 7.79. The summed E-state index contributed by atoms with van der Waals surface area (Å²) in [4.78, 5) is 0. The predicted octanol–water partition coefficient (Wildman–Crippen LogP) is 3.49. The first kappa shape index (κ1) is 11.6. The second-order valence-electron chi connectivity index (χ2n) is 3.68. The van der Waals surface area contributed by atoms with Crippen molar-refractivity contribution in [1.29, 1.82) is 0 Å². The fraction of sp³-hybridized carbons (Fsp3) is 0.143. The normalized spacial score (nSPS) is 10.4. The van der Waals surface area contributed by atoms with Crippen molar-refractivity contribution in [2.24, 2.45) is 0 Å². The fourth-order valence-corrected chi connectivity index (χ4v) is 2.04. The molecule has 0 saturated carbocycles. The van der Waals surface area contributed by atoms with Crippen LogP contribution in [-0.2, 0) is 6.42 Å². The zero-order chi connectivity index (χ0) is 11.4. The van der Waals surface area contributed by atoms with Crippen molar-refractivity contribution in [2.75, 3.05) is 6.61 Å². The summed E-state index contributed by atoms with van der Waals surface area (Å²) in [5, 5.41) is 8.92. The molecule has 0 aliphatic heterocycles. The van der Waals surface area contributed by atoms with Gasteiger partial charge in [-0.05, 0) is 57.8 Å². The highest BCUT2D eigenvalue weighted by atomic mass is 127. The van der Waals surface area contributed by atoms with Gasteiger partial charge in [-0.25, -0.2) is 0 Å². The SMILES string of the molecule is OCCc1cccc(-c2ccc(I)cc2)c1. The zero-order valence-electron chi connectivity index (χ0n) is 8.86. The minimum atomic E-state index is 0.205. The van der Waals surface area contributed by atoms with Crippen LogP contribution in [0.5, 0.6) is 0 Å². The maximum Gasteiger partial charge on any atom is 0.0471 e. The van der Waals surface area contributed by atoms with Crippen LogP contribution in [0.2, 0.25) is 0 Å². The summed E-state index contributed by atoms with van der Waals surface area (Å²) < 4.78 is 1.24. The van der Waals surface area contributed by atoms with Crippen molar-refractivity contribution in [1.82, 2.24) is 0 Å². The monoisotopic (exact) mass is 324 g/mol. The molecule has 16 heavy (non-hydrogen) atoms. The van der Waals surface area contributed by atoms with E-state index < -0.39 is 0 Å². The summed E-state index contributed by atoms with van der Waals surface area (Å²) in [6.45, 7) is 0.205. The third-order valence-electron chi connectivity index (χ3n) is 2.51. The third-order valence-corrected chi connectivity index (χ3v) is 3.22. The fourth-order valence-electron chi connectivity index (χ4n) is 1.68. The lowest BCUT2D eigenvalue weighted by molar-refractivity contribution is 0.299. The van der Waals surface area contributed by atoms with Gasteiger partial charge in [-0.3, -0.25) is 0 Å². The Kier molecular flexibility index (Phi) is 3.96. The summed E-state index contributed by atoms with van der Waals surface area (Å²) in [5.74, 6) is 0. The summed E-state index contributed by atoms with van der Waals surface area (Å²) in [5.41, 5.74) is 3.61. The van der Waals surface area contributed by atoms with E-state index in [1.807, 2.05) is 12.1 Å². The van der Waals surface area contributed by atoms with Crippen LogP contribution in [0.15, 0.2) is 48.5 Å². The molecule has 0 amide bonds. The molecule has 0 aliphatic rings. The molecular formula is C14H13IO. The van der Waals surface area contributed by atoms with Crippen LogP contribution in [0, 0.1) is 3.57 Å². The molecule has 2 heteroatoms. The Labute approximate surface area is 109 Å². The number of rotatable bonds is 3. The molecule has 1 nitrogen and oxygen atoms in total. The molecule has 1 N–H and O–H groups in total. The number of aliphatic hydroxyl groups is 1. The second-order valence-corrected chi connectivity index (χ2v) is 4.93. The molecule has 2 aromatic rings. The van der Waals surface area contributed by atoms with E-state index in [2.05, 4.69) is 59.0 Å². The number of hydrogen-bond donors (Lipinski definition) is 1. The molecule has 0 fully saturated rings. The molecule has 0 spiro atoms. The van der Waals surface area contributed by atoms with E-state index in [0.29, 0.717) is 0 Å². The van der Waals surface area contributed by atoms with Crippen molar-refractivity contribution >= 4 is 22.6 Å². The largest absolute Gasteiger partial charge is 0.396 e.